The van der Waals surface area contributed by atoms with Gasteiger partial charge in [-0.2, -0.15) is 0 Å². The van der Waals surface area contributed by atoms with Gasteiger partial charge in [0.2, 0.25) is 5.91 Å². The second-order valence-electron chi connectivity index (χ2n) is 6.05. The van der Waals surface area contributed by atoms with Crippen LogP contribution in [0.25, 0.3) is 0 Å². The quantitative estimate of drug-likeness (QED) is 0.735. The molecule has 0 aliphatic rings. The van der Waals surface area contributed by atoms with Crippen LogP contribution >= 0.6 is 0 Å². The number of benzene rings is 1. The summed E-state index contributed by atoms with van der Waals surface area (Å²) in [4.78, 5) is 14.0. The zero-order valence-corrected chi connectivity index (χ0v) is 14.7. The lowest BCUT2D eigenvalue weighted by Gasteiger charge is -2.22. The summed E-state index contributed by atoms with van der Waals surface area (Å²) in [6, 6.07) is 6.45. The number of nitrogens with one attached hydrogen (secondary N) is 2. The van der Waals surface area contributed by atoms with Gasteiger partial charge >= 0.3 is 0 Å². The molecule has 4 heteroatoms. The van der Waals surface area contributed by atoms with Crippen LogP contribution in [0.3, 0.4) is 0 Å². The van der Waals surface area contributed by atoms with E-state index in [9.17, 15) is 4.79 Å². The smallest absolute Gasteiger partial charge is 0.221 e. The normalized spacial score (nSPS) is 10.6. The summed E-state index contributed by atoms with van der Waals surface area (Å²) >= 11 is 0. The fourth-order valence-electron chi connectivity index (χ4n) is 2.35. The molecule has 1 aromatic rings. The number of nitrogens with zero attached hydrogens (tertiary/aromatic N) is 1. The molecular formula is C18H31N3O. The van der Waals surface area contributed by atoms with E-state index in [2.05, 4.69) is 68.4 Å². The van der Waals surface area contributed by atoms with E-state index in [0.29, 0.717) is 18.9 Å². The highest BCUT2D eigenvalue weighted by atomic mass is 16.1. The van der Waals surface area contributed by atoms with Crippen molar-refractivity contribution in [3.63, 3.8) is 0 Å². The van der Waals surface area contributed by atoms with Crippen LogP contribution in [0.4, 0.5) is 11.4 Å². The summed E-state index contributed by atoms with van der Waals surface area (Å²) in [5.41, 5.74) is 3.57. The van der Waals surface area contributed by atoms with Crippen molar-refractivity contribution in [2.24, 2.45) is 5.92 Å². The molecule has 2 N–H and O–H groups in total. The maximum atomic E-state index is 11.7. The van der Waals surface area contributed by atoms with Gasteiger partial charge in [0, 0.05) is 44.0 Å². The Labute approximate surface area is 135 Å². The molecule has 0 saturated heterocycles. The number of aryl methyl sites for hydroxylation is 1. The molecule has 0 saturated carbocycles. The summed E-state index contributed by atoms with van der Waals surface area (Å²) in [5.74, 6) is 0.602. The summed E-state index contributed by atoms with van der Waals surface area (Å²) < 4.78 is 0. The summed E-state index contributed by atoms with van der Waals surface area (Å²) in [6.45, 7) is 14.1. The lowest BCUT2D eigenvalue weighted by atomic mass is 10.1. The summed E-state index contributed by atoms with van der Waals surface area (Å²) in [5, 5.41) is 6.29. The van der Waals surface area contributed by atoms with Crippen LogP contribution in [0.1, 0.15) is 39.7 Å². The lowest BCUT2D eigenvalue weighted by molar-refractivity contribution is -0.120. The number of rotatable bonds is 9. The molecule has 1 amide bonds. The topological polar surface area (TPSA) is 44.4 Å². The molecule has 22 heavy (non-hydrogen) atoms. The molecule has 0 atom stereocenters. The van der Waals surface area contributed by atoms with Crippen LogP contribution in [0.5, 0.6) is 0 Å². The largest absolute Gasteiger partial charge is 0.384 e. The fourth-order valence-corrected chi connectivity index (χ4v) is 2.35. The molecule has 0 fully saturated rings. The Morgan fingerprint density at radius 1 is 1.23 bits per heavy atom. The highest BCUT2D eigenvalue weighted by Gasteiger charge is 2.06. The van der Waals surface area contributed by atoms with Crippen LogP contribution in [-0.4, -0.2) is 32.1 Å². The Balaban J connectivity index is 2.48. The molecule has 0 aliphatic heterocycles. The first kappa shape index (κ1) is 18.3. The van der Waals surface area contributed by atoms with Gasteiger partial charge in [-0.3, -0.25) is 4.79 Å². The Morgan fingerprint density at radius 2 is 1.91 bits per heavy atom. The van der Waals surface area contributed by atoms with Gasteiger partial charge in [-0.15, -0.1) is 0 Å². The molecule has 0 aliphatic carbocycles. The van der Waals surface area contributed by atoms with Crippen LogP contribution in [-0.2, 0) is 4.79 Å². The Hall–Kier alpha value is -1.71. The lowest BCUT2D eigenvalue weighted by Crippen LogP contribution is -2.28. The third-order valence-electron chi connectivity index (χ3n) is 3.71. The Morgan fingerprint density at radius 3 is 2.45 bits per heavy atom. The van der Waals surface area contributed by atoms with Crippen molar-refractivity contribution in [1.82, 2.24) is 5.32 Å². The minimum Gasteiger partial charge on any atom is -0.384 e. The van der Waals surface area contributed by atoms with Gasteiger partial charge in [-0.1, -0.05) is 13.8 Å². The second kappa shape index (κ2) is 9.34. The van der Waals surface area contributed by atoms with E-state index in [-0.39, 0.29) is 5.91 Å². The van der Waals surface area contributed by atoms with Gasteiger partial charge in [-0.05, 0) is 50.5 Å². The maximum Gasteiger partial charge on any atom is 0.221 e. The molecule has 0 spiro atoms. The van der Waals surface area contributed by atoms with E-state index in [0.717, 1.165) is 25.3 Å². The van der Waals surface area contributed by atoms with E-state index in [1.165, 1.54) is 11.3 Å². The van der Waals surface area contributed by atoms with Crippen LogP contribution < -0.4 is 15.5 Å². The van der Waals surface area contributed by atoms with Crippen LogP contribution in [0.2, 0.25) is 0 Å². The van der Waals surface area contributed by atoms with E-state index in [1.54, 1.807) is 0 Å². The molecule has 0 radical (unpaired) electrons. The highest BCUT2D eigenvalue weighted by molar-refractivity contribution is 5.76. The minimum atomic E-state index is 0.110. The van der Waals surface area contributed by atoms with Crippen LogP contribution in [0.15, 0.2) is 18.2 Å². The zero-order chi connectivity index (χ0) is 16.5. The highest BCUT2D eigenvalue weighted by Crippen LogP contribution is 2.22. The first-order valence-corrected chi connectivity index (χ1v) is 8.34. The van der Waals surface area contributed by atoms with Gasteiger partial charge in [-0.25, -0.2) is 0 Å². The number of amides is 1. The monoisotopic (exact) mass is 305 g/mol. The average Bonchev–Trinajstić information content (AvgIpc) is 2.48. The van der Waals surface area contributed by atoms with Gasteiger partial charge in [0.1, 0.15) is 0 Å². The van der Waals surface area contributed by atoms with Crippen molar-refractivity contribution >= 4 is 17.3 Å². The predicted molar refractivity (Wildman–Crippen MR) is 95.7 cm³/mol. The summed E-state index contributed by atoms with van der Waals surface area (Å²) in [7, 11) is 0. The Kier molecular flexibility index (Phi) is 7.78. The molecule has 0 bridgehead atoms. The molecule has 0 aromatic heterocycles. The third-order valence-corrected chi connectivity index (χ3v) is 3.71. The standard InChI is InChI=1S/C18H31N3O/c1-6-21(7-2)16-8-9-17(15(5)12-16)19-11-10-18(22)20-13-14(3)4/h8-9,12,14,19H,6-7,10-11,13H2,1-5H3,(H,20,22). The second-order valence-corrected chi connectivity index (χ2v) is 6.05. The van der Waals surface area contributed by atoms with Crippen molar-refractivity contribution < 1.29 is 4.79 Å². The molecule has 1 rings (SSSR count). The van der Waals surface area contributed by atoms with Gasteiger partial charge < -0.3 is 15.5 Å². The SMILES string of the molecule is CCN(CC)c1ccc(NCCC(=O)NCC(C)C)c(C)c1. The van der Waals surface area contributed by atoms with Crippen molar-refractivity contribution in [3.8, 4) is 0 Å². The van der Waals surface area contributed by atoms with E-state index in [4.69, 9.17) is 0 Å². The number of carbonyl (C=O) groups is 1. The van der Waals surface area contributed by atoms with Crippen molar-refractivity contribution in [1.29, 1.82) is 0 Å². The van der Waals surface area contributed by atoms with Gasteiger partial charge in [0.25, 0.3) is 0 Å². The summed E-state index contributed by atoms with van der Waals surface area (Å²) in [6.07, 6.45) is 0.504. The number of hydrogen-bond acceptors (Lipinski definition) is 3. The van der Waals surface area contributed by atoms with Crippen molar-refractivity contribution in [2.45, 2.75) is 41.0 Å². The molecule has 1 aromatic carbocycles. The molecule has 4 nitrogen and oxygen atoms in total. The molecule has 0 unspecified atom stereocenters. The molecule has 0 heterocycles. The average molecular weight is 305 g/mol. The number of hydrogen-bond donors (Lipinski definition) is 2. The van der Waals surface area contributed by atoms with Crippen molar-refractivity contribution in [3.05, 3.63) is 23.8 Å². The Bertz CT molecular complexity index is 467. The van der Waals surface area contributed by atoms with Crippen LogP contribution in [0, 0.1) is 12.8 Å². The minimum absolute atomic E-state index is 0.110. The number of carbonyl (C=O) groups excluding carboxylic acids is 1. The number of anilines is 2. The van der Waals surface area contributed by atoms with Gasteiger partial charge in [0.05, 0.1) is 0 Å². The van der Waals surface area contributed by atoms with Gasteiger partial charge in [0.15, 0.2) is 0 Å². The van der Waals surface area contributed by atoms with Crippen molar-refractivity contribution in [2.75, 3.05) is 36.4 Å². The van der Waals surface area contributed by atoms with E-state index >= 15 is 0 Å². The fraction of sp³-hybridized carbons (Fsp3) is 0.611. The first-order chi connectivity index (χ1) is 10.5. The molecule has 124 valence electrons. The first-order valence-electron chi connectivity index (χ1n) is 8.34. The molecular weight excluding hydrogens is 274 g/mol. The van der Waals surface area contributed by atoms with E-state index in [1.807, 2.05) is 0 Å². The maximum absolute atomic E-state index is 11.7. The third kappa shape index (κ3) is 5.96. The zero-order valence-electron chi connectivity index (χ0n) is 14.7. The predicted octanol–water partition coefficient (Wildman–Crippen LogP) is 3.42. The van der Waals surface area contributed by atoms with E-state index < -0.39 is 0 Å².